The number of anilines is 1. The Bertz CT molecular complexity index is 1210. The first-order chi connectivity index (χ1) is 13.5. The first-order valence-corrected chi connectivity index (χ1v) is 9.75. The number of aryl methyl sites for hydroxylation is 2. The molecule has 4 rings (SSSR count). The summed E-state index contributed by atoms with van der Waals surface area (Å²) in [6.45, 7) is 4.38. The van der Waals surface area contributed by atoms with Gasteiger partial charge in [-0.3, -0.25) is 14.2 Å². The molecule has 0 aliphatic carbocycles. The molecule has 4 aromatic rings. The zero-order valence-corrected chi connectivity index (χ0v) is 16.4. The summed E-state index contributed by atoms with van der Waals surface area (Å²) in [7, 11) is 0. The molecular formula is C22H19N3O2S. The lowest BCUT2D eigenvalue weighted by molar-refractivity contribution is 0.102. The van der Waals surface area contributed by atoms with Gasteiger partial charge in [0.05, 0.1) is 18.3 Å². The molecule has 0 unspecified atom stereocenters. The Labute approximate surface area is 166 Å². The van der Waals surface area contributed by atoms with Gasteiger partial charge in [0.2, 0.25) is 0 Å². The molecule has 2 heterocycles. The summed E-state index contributed by atoms with van der Waals surface area (Å²) in [6.07, 6.45) is 1.59. The number of nitrogens with one attached hydrogen (secondary N) is 1. The van der Waals surface area contributed by atoms with Crippen molar-refractivity contribution >= 4 is 33.1 Å². The maximum atomic E-state index is 12.8. The largest absolute Gasteiger partial charge is 0.322 e. The third kappa shape index (κ3) is 3.46. The van der Waals surface area contributed by atoms with Gasteiger partial charge in [-0.05, 0) is 49.2 Å². The molecule has 0 bridgehead atoms. The third-order valence-electron chi connectivity index (χ3n) is 4.76. The summed E-state index contributed by atoms with van der Waals surface area (Å²) in [4.78, 5) is 31.5. The van der Waals surface area contributed by atoms with Gasteiger partial charge < -0.3 is 5.32 Å². The van der Waals surface area contributed by atoms with Crippen LogP contribution in [0, 0.1) is 13.8 Å². The number of aromatic nitrogens is 2. The van der Waals surface area contributed by atoms with Gasteiger partial charge in [-0.25, -0.2) is 4.98 Å². The van der Waals surface area contributed by atoms with Crippen molar-refractivity contribution in [2.24, 2.45) is 0 Å². The van der Waals surface area contributed by atoms with Crippen LogP contribution < -0.4 is 10.9 Å². The Balaban J connectivity index is 1.54. The van der Waals surface area contributed by atoms with Crippen LogP contribution >= 0.6 is 11.3 Å². The Morgan fingerprint density at radius 1 is 1.07 bits per heavy atom. The second kappa shape index (κ2) is 7.40. The first-order valence-electron chi connectivity index (χ1n) is 8.93. The summed E-state index contributed by atoms with van der Waals surface area (Å²) in [6, 6.07) is 16.6. The van der Waals surface area contributed by atoms with Gasteiger partial charge in [0.1, 0.15) is 4.83 Å². The SMILES string of the molecule is Cc1sc2ncn(Cc3ccc(C(=O)Nc4ccccc4)cc3)c(=O)c2c1C. The summed E-state index contributed by atoms with van der Waals surface area (Å²) in [5.74, 6) is -0.164. The number of amides is 1. The molecule has 5 nitrogen and oxygen atoms in total. The Kier molecular flexibility index (Phi) is 4.79. The first kappa shape index (κ1) is 18.1. The van der Waals surface area contributed by atoms with Crippen molar-refractivity contribution in [3.63, 3.8) is 0 Å². The number of para-hydroxylation sites is 1. The minimum atomic E-state index is -0.164. The van der Waals surface area contributed by atoms with Gasteiger partial charge in [-0.15, -0.1) is 11.3 Å². The fraction of sp³-hybridized carbons (Fsp3) is 0.136. The van der Waals surface area contributed by atoms with Crippen molar-refractivity contribution in [1.29, 1.82) is 0 Å². The maximum Gasteiger partial charge on any atom is 0.262 e. The lowest BCUT2D eigenvalue weighted by atomic mass is 10.1. The summed E-state index contributed by atoms with van der Waals surface area (Å²) < 4.78 is 1.61. The molecule has 0 aliphatic rings. The maximum absolute atomic E-state index is 12.8. The molecule has 0 radical (unpaired) electrons. The van der Waals surface area contributed by atoms with E-state index in [2.05, 4.69) is 10.3 Å². The molecule has 0 fully saturated rings. The fourth-order valence-corrected chi connectivity index (χ4v) is 4.05. The van der Waals surface area contributed by atoms with Crippen LogP contribution in [0.4, 0.5) is 5.69 Å². The number of rotatable bonds is 4. The highest BCUT2D eigenvalue weighted by atomic mass is 32.1. The average molecular weight is 389 g/mol. The van der Waals surface area contributed by atoms with E-state index in [0.29, 0.717) is 17.5 Å². The van der Waals surface area contributed by atoms with Gasteiger partial charge in [-0.1, -0.05) is 30.3 Å². The van der Waals surface area contributed by atoms with Crippen molar-refractivity contribution in [1.82, 2.24) is 9.55 Å². The second-order valence-corrected chi connectivity index (χ2v) is 7.86. The predicted octanol–water partition coefficient (Wildman–Crippen LogP) is 4.38. The smallest absolute Gasteiger partial charge is 0.262 e. The quantitative estimate of drug-likeness (QED) is 0.563. The fourth-order valence-electron chi connectivity index (χ4n) is 3.07. The predicted molar refractivity (Wildman–Crippen MR) is 113 cm³/mol. The highest BCUT2D eigenvalue weighted by Crippen LogP contribution is 2.25. The van der Waals surface area contributed by atoms with E-state index in [-0.39, 0.29) is 11.5 Å². The van der Waals surface area contributed by atoms with Crippen LogP contribution in [0.5, 0.6) is 0 Å². The molecule has 0 saturated heterocycles. The van der Waals surface area contributed by atoms with Gasteiger partial charge in [-0.2, -0.15) is 0 Å². The number of carbonyl (C=O) groups is 1. The molecule has 0 saturated carbocycles. The molecule has 140 valence electrons. The highest BCUT2D eigenvalue weighted by molar-refractivity contribution is 7.18. The van der Waals surface area contributed by atoms with Crippen LogP contribution in [0.2, 0.25) is 0 Å². The Hall–Kier alpha value is -3.25. The summed E-state index contributed by atoms with van der Waals surface area (Å²) in [5.41, 5.74) is 3.23. The minimum Gasteiger partial charge on any atom is -0.322 e. The van der Waals surface area contributed by atoms with Crippen molar-refractivity contribution in [2.75, 3.05) is 5.32 Å². The number of benzene rings is 2. The van der Waals surface area contributed by atoms with E-state index < -0.39 is 0 Å². The van der Waals surface area contributed by atoms with Gasteiger partial charge in [0.25, 0.3) is 11.5 Å². The van der Waals surface area contributed by atoms with E-state index >= 15 is 0 Å². The second-order valence-electron chi connectivity index (χ2n) is 6.66. The van der Waals surface area contributed by atoms with E-state index in [1.807, 2.05) is 56.3 Å². The van der Waals surface area contributed by atoms with Crippen molar-refractivity contribution < 1.29 is 4.79 Å². The molecule has 0 atom stereocenters. The normalized spacial score (nSPS) is 10.9. The lowest BCUT2D eigenvalue weighted by Crippen LogP contribution is -2.21. The third-order valence-corrected chi connectivity index (χ3v) is 5.87. The van der Waals surface area contributed by atoms with E-state index in [1.165, 1.54) is 0 Å². The molecule has 2 aromatic heterocycles. The Morgan fingerprint density at radius 3 is 2.50 bits per heavy atom. The highest BCUT2D eigenvalue weighted by Gasteiger charge is 2.12. The van der Waals surface area contributed by atoms with Crippen LogP contribution in [0.15, 0.2) is 65.7 Å². The van der Waals surface area contributed by atoms with E-state index in [0.717, 1.165) is 26.5 Å². The molecular weight excluding hydrogens is 370 g/mol. The molecule has 2 aromatic carbocycles. The average Bonchev–Trinajstić information content (AvgIpc) is 3.00. The number of hydrogen-bond acceptors (Lipinski definition) is 4. The van der Waals surface area contributed by atoms with Crippen LogP contribution in [-0.2, 0) is 6.54 Å². The van der Waals surface area contributed by atoms with Crippen molar-refractivity contribution in [3.8, 4) is 0 Å². The van der Waals surface area contributed by atoms with Crippen LogP contribution in [0.3, 0.4) is 0 Å². The molecule has 0 aliphatic heterocycles. The standard InChI is InChI=1S/C22H19N3O2S/c1-14-15(2)28-21-19(14)22(27)25(13-23-21)12-16-8-10-17(11-9-16)20(26)24-18-6-4-3-5-7-18/h3-11,13H,12H2,1-2H3,(H,24,26). The van der Waals surface area contributed by atoms with Crippen LogP contribution in [-0.4, -0.2) is 15.5 Å². The topological polar surface area (TPSA) is 64.0 Å². The van der Waals surface area contributed by atoms with E-state index in [4.69, 9.17) is 0 Å². The summed E-state index contributed by atoms with van der Waals surface area (Å²) >= 11 is 1.54. The molecule has 28 heavy (non-hydrogen) atoms. The van der Waals surface area contributed by atoms with Gasteiger partial charge in [0, 0.05) is 16.1 Å². The molecule has 1 amide bonds. The monoisotopic (exact) mass is 389 g/mol. The zero-order valence-electron chi connectivity index (χ0n) is 15.6. The lowest BCUT2D eigenvalue weighted by Gasteiger charge is -2.08. The van der Waals surface area contributed by atoms with E-state index in [1.54, 1.807) is 34.4 Å². The molecule has 0 spiro atoms. The zero-order chi connectivity index (χ0) is 19.7. The number of fused-ring (bicyclic) bond motifs is 1. The number of hydrogen-bond donors (Lipinski definition) is 1. The number of carbonyl (C=O) groups excluding carboxylic acids is 1. The van der Waals surface area contributed by atoms with Crippen LogP contribution in [0.1, 0.15) is 26.4 Å². The van der Waals surface area contributed by atoms with Crippen molar-refractivity contribution in [3.05, 3.63) is 92.8 Å². The van der Waals surface area contributed by atoms with Gasteiger partial charge >= 0.3 is 0 Å². The number of thiophene rings is 1. The minimum absolute atomic E-state index is 0.0299. The number of nitrogens with zero attached hydrogens (tertiary/aromatic N) is 2. The van der Waals surface area contributed by atoms with Crippen molar-refractivity contribution in [2.45, 2.75) is 20.4 Å². The van der Waals surface area contributed by atoms with Crippen LogP contribution in [0.25, 0.3) is 10.2 Å². The molecule has 1 N–H and O–H groups in total. The van der Waals surface area contributed by atoms with Gasteiger partial charge in [0.15, 0.2) is 0 Å². The summed E-state index contributed by atoms with van der Waals surface area (Å²) in [5, 5.41) is 3.56. The molecule has 6 heteroatoms. The Morgan fingerprint density at radius 2 is 1.79 bits per heavy atom. The van der Waals surface area contributed by atoms with E-state index in [9.17, 15) is 9.59 Å².